The van der Waals surface area contributed by atoms with Gasteiger partial charge in [-0.1, -0.05) is 0 Å². The number of hydrogen-bond donors (Lipinski definition) is 1. The number of benzene rings is 1. The smallest absolute Gasteiger partial charge is 0.428 e. The molecule has 178 valence electrons. The first kappa shape index (κ1) is 25.5. The summed E-state index contributed by atoms with van der Waals surface area (Å²) in [4.78, 5) is 23.1. The van der Waals surface area contributed by atoms with Crippen molar-refractivity contribution < 1.29 is 28.5 Å². The Labute approximate surface area is 190 Å². The van der Waals surface area contributed by atoms with Gasteiger partial charge in [0.1, 0.15) is 23.2 Å². The van der Waals surface area contributed by atoms with E-state index in [0.717, 1.165) is 55.6 Å². The van der Waals surface area contributed by atoms with E-state index in [4.69, 9.17) is 18.9 Å². The van der Waals surface area contributed by atoms with Gasteiger partial charge in [0.05, 0.1) is 19.6 Å². The average molecular weight is 449 g/mol. The van der Waals surface area contributed by atoms with Crippen molar-refractivity contribution in [1.82, 2.24) is 5.43 Å². The summed E-state index contributed by atoms with van der Waals surface area (Å²) >= 11 is 0. The van der Waals surface area contributed by atoms with E-state index >= 15 is 0 Å². The maximum absolute atomic E-state index is 11.6. The second-order valence-corrected chi connectivity index (χ2v) is 8.68. The van der Waals surface area contributed by atoms with Gasteiger partial charge in [-0.05, 0) is 90.0 Å². The number of aryl methyl sites for hydroxylation is 1. The van der Waals surface area contributed by atoms with Crippen molar-refractivity contribution in [1.29, 1.82) is 0 Å². The van der Waals surface area contributed by atoms with E-state index in [1.807, 2.05) is 18.2 Å². The molecule has 1 aliphatic heterocycles. The van der Waals surface area contributed by atoms with Gasteiger partial charge in [0, 0.05) is 6.21 Å². The molecule has 1 aromatic rings. The van der Waals surface area contributed by atoms with Gasteiger partial charge in [0.15, 0.2) is 0 Å². The number of ether oxygens (including phenoxy) is 4. The fourth-order valence-corrected chi connectivity index (χ4v) is 3.23. The molecule has 8 nitrogen and oxygen atoms in total. The molecule has 0 bridgehead atoms. The van der Waals surface area contributed by atoms with Gasteiger partial charge in [0.25, 0.3) is 0 Å². The normalized spacial score (nSPS) is 15.6. The third-order valence-corrected chi connectivity index (χ3v) is 4.65. The van der Waals surface area contributed by atoms with E-state index in [-0.39, 0.29) is 18.5 Å². The van der Waals surface area contributed by atoms with Crippen molar-refractivity contribution in [3.05, 3.63) is 23.8 Å². The summed E-state index contributed by atoms with van der Waals surface area (Å²) in [6.45, 7) is 8.25. The second-order valence-electron chi connectivity index (χ2n) is 8.68. The minimum atomic E-state index is -0.549. The molecule has 0 aromatic heterocycles. The van der Waals surface area contributed by atoms with E-state index < -0.39 is 11.7 Å². The number of nitrogens with one attached hydrogen (secondary N) is 1. The lowest BCUT2D eigenvalue weighted by Gasteiger charge is -2.26. The van der Waals surface area contributed by atoms with Crippen LogP contribution in [0.1, 0.15) is 71.8 Å². The molecule has 1 heterocycles. The van der Waals surface area contributed by atoms with Crippen molar-refractivity contribution in [2.24, 2.45) is 5.10 Å². The minimum absolute atomic E-state index is 0.129. The van der Waals surface area contributed by atoms with Crippen molar-refractivity contribution in [3.8, 4) is 11.5 Å². The number of nitrogens with zero attached hydrogens (tertiary/aromatic N) is 1. The topological polar surface area (TPSA) is 95.5 Å². The van der Waals surface area contributed by atoms with Gasteiger partial charge in [-0.2, -0.15) is 5.10 Å². The molecular formula is C24H36N2O6. The van der Waals surface area contributed by atoms with Gasteiger partial charge >= 0.3 is 12.1 Å². The zero-order chi connectivity index (χ0) is 23.4. The highest BCUT2D eigenvalue weighted by atomic mass is 16.6. The van der Waals surface area contributed by atoms with Crippen LogP contribution < -0.4 is 14.9 Å². The summed E-state index contributed by atoms with van der Waals surface area (Å²) < 4.78 is 21.9. The van der Waals surface area contributed by atoms with Crippen LogP contribution in [0.25, 0.3) is 0 Å². The zero-order valence-corrected chi connectivity index (χ0v) is 19.6. The molecule has 1 N–H and O–H groups in total. The molecule has 8 heteroatoms. The number of amides is 1. The van der Waals surface area contributed by atoms with Crippen molar-refractivity contribution >= 4 is 18.3 Å². The number of carbonyl (C=O) groups excluding carboxylic acids is 2. The first-order chi connectivity index (χ1) is 15.3. The second kappa shape index (κ2) is 12.9. The summed E-state index contributed by atoms with van der Waals surface area (Å²) in [5, 5.41) is 3.87. The third kappa shape index (κ3) is 10.0. The van der Waals surface area contributed by atoms with E-state index in [2.05, 4.69) is 10.5 Å². The molecule has 1 atom stereocenters. The Morgan fingerprint density at radius 1 is 1.25 bits per heavy atom. The van der Waals surface area contributed by atoms with Crippen LogP contribution in [0.5, 0.6) is 11.5 Å². The first-order valence-corrected chi connectivity index (χ1v) is 11.4. The highest BCUT2D eigenvalue weighted by Gasteiger charge is 2.23. The molecule has 0 saturated carbocycles. The van der Waals surface area contributed by atoms with Gasteiger partial charge in [-0.25, -0.2) is 10.2 Å². The van der Waals surface area contributed by atoms with E-state index in [9.17, 15) is 9.59 Å². The number of esters is 1. The number of rotatable bonds is 11. The van der Waals surface area contributed by atoms with Crippen LogP contribution in [0.3, 0.4) is 0 Å². The molecule has 0 saturated heterocycles. The number of hydrogen-bond acceptors (Lipinski definition) is 7. The Bertz CT molecular complexity index is 772. The third-order valence-electron chi connectivity index (χ3n) is 4.65. The maximum atomic E-state index is 11.6. The van der Waals surface area contributed by atoms with Gasteiger partial charge in [-0.3, -0.25) is 4.79 Å². The number of fused-ring (bicyclic) bond motifs is 1. The monoisotopic (exact) mass is 448 g/mol. The Hall–Kier alpha value is -2.77. The lowest BCUT2D eigenvalue weighted by atomic mass is 10.0. The van der Waals surface area contributed by atoms with Crippen LogP contribution in [-0.2, 0) is 20.7 Å². The van der Waals surface area contributed by atoms with Crippen LogP contribution in [0.4, 0.5) is 4.79 Å². The van der Waals surface area contributed by atoms with E-state index in [0.29, 0.717) is 13.2 Å². The number of unbranched alkanes of at least 4 members (excludes halogenated alkanes) is 3. The minimum Gasteiger partial charge on any atom is -0.494 e. The van der Waals surface area contributed by atoms with E-state index in [1.54, 1.807) is 33.9 Å². The molecule has 1 aliphatic rings. The molecule has 0 aliphatic carbocycles. The van der Waals surface area contributed by atoms with Gasteiger partial charge in [-0.15, -0.1) is 0 Å². The molecule has 0 spiro atoms. The van der Waals surface area contributed by atoms with Crippen molar-refractivity contribution in [2.75, 3.05) is 13.2 Å². The predicted molar refractivity (Wildman–Crippen MR) is 122 cm³/mol. The SMILES string of the molecule is CCOC(=O)CC1CCc2cc(OCCCCCC=NNC(=O)OC(C)(C)C)ccc2O1. The molecule has 32 heavy (non-hydrogen) atoms. The van der Waals surface area contributed by atoms with Crippen LogP contribution in [0.2, 0.25) is 0 Å². The summed E-state index contributed by atoms with van der Waals surface area (Å²) in [6.07, 6.45) is 6.61. The lowest BCUT2D eigenvalue weighted by molar-refractivity contribution is -0.145. The Morgan fingerprint density at radius 3 is 2.81 bits per heavy atom. The highest BCUT2D eigenvalue weighted by Crippen LogP contribution is 2.32. The van der Waals surface area contributed by atoms with Crippen molar-refractivity contribution in [3.63, 3.8) is 0 Å². The number of carbonyl (C=O) groups is 2. The zero-order valence-electron chi connectivity index (χ0n) is 19.6. The van der Waals surface area contributed by atoms with Gasteiger partial charge in [0.2, 0.25) is 0 Å². The molecule has 1 aromatic carbocycles. The fourth-order valence-electron chi connectivity index (χ4n) is 3.23. The number of hydrazone groups is 1. The fraction of sp³-hybridized carbons (Fsp3) is 0.625. The standard InChI is InChI=1S/C24H36N2O6/c1-5-29-22(27)17-20-11-10-18-16-19(12-13-21(18)31-20)30-15-9-7-6-8-14-25-26-23(28)32-24(2,3)4/h12-14,16,20H,5-11,15,17H2,1-4H3,(H,26,28). The quantitative estimate of drug-likeness (QED) is 0.226. The Morgan fingerprint density at radius 2 is 2.06 bits per heavy atom. The predicted octanol–water partition coefficient (Wildman–Crippen LogP) is 4.78. The molecule has 1 unspecified atom stereocenters. The molecule has 0 fully saturated rings. The Kier molecular flexibility index (Phi) is 10.3. The molecule has 0 radical (unpaired) electrons. The van der Waals surface area contributed by atoms with Crippen LogP contribution in [0, 0.1) is 0 Å². The van der Waals surface area contributed by atoms with Crippen molar-refractivity contribution in [2.45, 2.75) is 84.3 Å². The summed E-state index contributed by atoms with van der Waals surface area (Å²) in [7, 11) is 0. The van der Waals surface area contributed by atoms with Gasteiger partial charge < -0.3 is 18.9 Å². The summed E-state index contributed by atoms with van der Waals surface area (Å²) in [5.41, 5.74) is 2.93. The largest absolute Gasteiger partial charge is 0.494 e. The molecular weight excluding hydrogens is 412 g/mol. The van der Waals surface area contributed by atoms with E-state index in [1.165, 1.54) is 0 Å². The average Bonchev–Trinajstić information content (AvgIpc) is 2.71. The maximum Gasteiger partial charge on any atom is 0.428 e. The molecule has 2 rings (SSSR count). The lowest BCUT2D eigenvalue weighted by Crippen LogP contribution is -2.29. The highest BCUT2D eigenvalue weighted by molar-refractivity contribution is 5.70. The Balaban J connectivity index is 1.59. The van der Waals surface area contributed by atoms with Crippen LogP contribution >= 0.6 is 0 Å². The molecule has 1 amide bonds. The summed E-state index contributed by atoms with van der Waals surface area (Å²) in [6, 6.07) is 5.83. The first-order valence-electron chi connectivity index (χ1n) is 11.4. The van der Waals surface area contributed by atoms with Crippen LogP contribution in [-0.4, -0.2) is 43.2 Å². The van der Waals surface area contributed by atoms with Crippen LogP contribution in [0.15, 0.2) is 23.3 Å². The summed E-state index contributed by atoms with van der Waals surface area (Å²) in [5.74, 6) is 1.43.